The van der Waals surface area contributed by atoms with E-state index >= 15 is 0 Å². The minimum Gasteiger partial charge on any atom is -0.493 e. The molecule has 128 valence electrons. The number of nitrogens with zero attached hydrogens (tertiary/aromatic N) is 2. The van der Waals surface area contributed by atoms with Crippen LogP contribution < -0.4 is 19.7 Å². The molecule has 0 aliphatic rings. The molecule has 1 aromatic heterocycles. The number of carbonyl (C=O) groups excluding carboxylic acids is 1. The van der Waals surface area contributed by atoms with Crippen molar-refractivity contribution in [2.45, 2.75) is 0 Å². The summed E-state index contributed by atoms with van der Waals surface area (Å²) in [5, 5.41) is 11.6. The summed E-state index contributed by atoms with van der Waals surface area (Å²) in [6.07, 6.45) is 1.68. The van der Waals surface area contributed by atoms with E-state index in [0.717, 1.165) is 5.69 Å². The minimum atomic E-state index is -0.309. The monoisotopic (exact) mass is 331 g/mol. The van der Waals surface area contributed by atoms with Crippen LogP contribution in [-0.4, -0.2) is 50.4 Å². The number of aliphatic hydroxyl groups excluding tert-OH is 1. The molecule has 0 saturated carbocycles. The number of benzene rings is 1. The van der Waals surface area contributed by atoms with Gasteiger partial charge in [-0.1, -0.05) is 0 Å². The molecule has 2 rings (SSSR count). The van der Waals surface area contributed by atoms with Crippen molar-refractivity contribution >= 4 is 17.4 Å². The van der Waals surface area contributed by atoms with Crippen molar-refractivity contribution in [2.75, 3.05) is 44.6 Å². The molecule has 0 radical (unpaired) electrons. The van der Waals surface area contributed by atoms with Crippen LogP contribution >= 0.6 is 0 Å². The Hall–Kier alpha value is -2.80. The van der Waals surface area contributed by atoms with E-state index in [1.54, 1.807) is 30.5 Å². The van der Waals surface area contributed by atoms with Crippen LogP contribution in [0, 0.1) is 0 Å². The average Bonchev–Trinajstić information content (AvgIpc) is 2.60. The van der Waals surface area contributed by atoms with Crippen LogP contribution in [0.15, 0.2) is 36.5 Å². The van der Waals surface area contributed by atoms with Crippen LogP contribution in [0.25, 0.3) is 0 Å². The number of rotatable bonds is 7. The number of ether oxygens (including phenoxy) is 2. The van der Waals surface area contributed by atoms with Crippen molar-refractivity contribution in [3.8, 4) is 11.5 Å². The first-order valence-electron chi connectivity index (χ1n) is 7.41. The first kappa shape index (κ1) is 17.6. The lowest BCUT2D eigenvalue weighted by atomic mass is 10.2. The molecule has 1 aromatic carbocycles. The number of nitrogens with one attached hydrogen (secondary N) is 1. The Morgan fingerprint density at radius 2 is 2.04 bits per heavy atom. The molecule has 0 saturated heterocycles. The highest BCUT2D eigenvalue weighted by Crippen LogP contribution is 2.28. The average molecular weight is 331 g/mol. The van der Waals surface area contributed by atoms with Gasteiger partial charge < -0.3 is 24.8 Å². The van der Waals surface area contributed by atoms with Gasteiger partial charge in [0.1, 0.15) is 12.4 Å². The van der Waals surface area contributed by atoms with Gasteiger partial charge in [-0.2, -0.15) is 0 Å². The summed E-state index contributed by atoms with van der Waals surface area (Å²) in [5.74, 6) is 1.04. The van der Waals surface area contributed by atoms with E-state index in [1.165, 1.54) is 7.11 Å². The number of methoxy groups -OCH3 is 1. The Kier molecular flexibility index (Phi) is 5.97. The molecule has 0 aliphatic carbocycles. The van der Waals surface area contributed by atoms with Crippen molar-refractivity contribution < 1.29 is 19.4 Å². The Balaban J connectivity index is 2.13. The van der Waals surface area contributed by atoms with Crippen molar-refractivity contribution in [2.24, 2.45) is 0 Å². The van der Waals surface area contributed by atoms with Gasteiger partial charge >= 0.3 is 0 Å². The molecule has 0 fully saturated rings. The number of pyridine rings is 1. The Bertz CT molecular complexity index is 687. The third-order valence-corrected chi connectivity index (χ3v) is 3.28. The quantitative estimate of drug-likeness (QED) is 0.804. The predicted octanol–water partition coefficient (Wildman–Crippen LogP) is 1.78. The third-order valence-electron chi connectivity index (χ3n) is 3.28. The summed E-state index contributed by atoms with van der Waals surface area (Å²) >= 11 is 0. The van der Waals surface area contributed by atoms with Gasteiger partial charge in [-0.25, -0.2) is 4.98 Å². The molecule has 2 N–H and O–H groups in total. The standard InChI is InChI=1S/C17H21N3O4/c1-20(2)13-5-7-16(18-11-13)19-17(22)12-4-6-14(23-3)15(10-12)24-9-8-21/h4-7,10-11,21H,8-9H2,1-3H3,(H,18,19,22). The van der Waals surface area contributed by atoms with E-state index in [2.05, 4.69) is 10.3 Å². The molecule has 7 heteroatoms. The number of anilines is 2. The van der Waals surface area contributed by atoms with Gasteiger partial charge in [0.25, 0.3) is 5.91 Å². The van der Waals surface area contributed by atoms with E-state index in [-0.39, 0.29) is 19.1 Å². The fourth-order valence-electron chi connectivity index (χ4n) is 2.00. The fourth-order valence-corrected chi connectivity index (χ4v) is 2.00. The van der Waals surface area contributed by atoms with Crippen molar-refractivity contribution in [1.82, 2.24) is 4.98 Å². The predicted molar refractivity (Wildman–Crippen MR) is 92.1 cm³/mol. The van der Waals surface area contributed by atoms with E-state index < -0.39 is 0 Å². The molecule has 0 atom stereocenters. The van der Waals surface area contributed by atoms with Gasteiger partial charge in [-0.3, -0.25) is 4.79 Å². The smallest absolute Gasteiger partial charge is 0.256 e. The van der Waals surface area contributed by atoms with Crippen LogP contribution in [0.5, 0.6) is 11.5 Å². The second-order valence-corrected chi connectivity index (χ2v) is 5.19. The van der Waals surface area contributed by atoms with E-state index in [4.69, 9.17) is 14.6 Å². The molecule has 0 bridgehead atoms. The molecule has 1 amide bonds. The molecular weight excluding hydrogens is 310 g/mol. The number of aromatic nitrogens is 1. The Labute approximate surface area is 140 Å². The maximum absolute atomic E-state index is 12.4. The lowest BCUT2D eigenvalue weighted by Crippen LogP contribution is -2.14. The van der Waals surface area contributed by atoms with Gasteiger partial charge in [0.15, 0.2) is 11.5 Å². The number of hydrogen-bond acceptors (Lipinski definition) is 6. The lowest BCUT2D eigenvalue weighted by Gasteiger charge is -2.13. The van der Waals surface area contributed by atoms with E-state index in [0.29, 0.717) is 22.9 Å². The van der Waals surface area contributed by atoms with Gasteiger partial charge in [0.2, 0.25) is 0 Å². The van der Waals surface area contributed by atoms with Gasteiger partial charge in [0, 0.05) is 19.7 Å². The van der Waals surface area contributed by atoms with Crippen molar-refractivity contribution in [1.29, 1.82) is 0 Å². The topological polar surface area (TPSA) is 83.9 Å². The van der Waals surface area contributed by atoms with E-state index in [1.807, 2.05) is 25.1 Å². The second-order valence-electron chi connectivity index (χ2n) is 5.19. The summed E-state index contributed by atoms with van der Waals surface area (Å²) in [6.45, 7) is -0.00327. The van der Waals surface area contributed by atoms with Crippen LogP contribution in [0.4, 0.5) is 11.5 Å². The summed E-state index contributed by atoms with van der Waals surface area (Å²) in [4.78, 5) is 18.5. The molecule has 2 aromatic rings. The Morgan fingerprint density at radius 3 is 2.62 bits per heavy atom. The van der Waals surface area contributed by atoms with Crippen molar-refractivity contribution in [3.05, 3.63) is 42.1 Å². The third kappa shape index (κ3) is 4.36. The highest BCUT2D eigenvalue weighted by Gasteiger charge is 2.12. The van der Waals surface area contributed by atoms with Crippen LogP contribution in [0.1, 0.15) is 10.4 Å². The number of carbonyl (C=O) groups is 1. The zero-order valence-corrected chi connectivity index (χ0v) is 13.9. The molecule has 24 heavy (non-hydrogen) atoms. The number of hydrogen-bond donors (Lipinski definition) is 2. The molecule has 0 spiro atoms. The van der Waals surface area contributed by atoms with Gasteiger partial charge in [0.05, 0.1) is 25.6 Å². The summed E-state index contributed by atoms with van der Waals surface area (Å²) in [6, 6.07) is 8.45. The van der Waals surface area contributed by atoms with Crippen LogP contribution in [-0.2, 0) is 0 Å². The SMILES string of the molecule is COc1ccc(C(=O)Nc2ccc(N(C)C)cn2)cc1OCCO. The normalized spacial score (nSPS) is 10.2. The maximum atomic E-state index is 12.4. The lowest BCUT2D eigenvalue weighted by molar-refractivity contribution is 0.102. The van der Waals surface area contributed by atoms with E-state index in [9.17, 15) is 4.79 Å². The Morgan fingerprint density at radius 1 is 1.25 bits per heavy atom. The van der Waals surface area contributed by atoms with Crippen LogP contribution in [0.2, 0.25) is 0 Å². The van der Waals surface area contributed by atoms with Gasteiger partial charge in [-0.05, 0) is 30.3 Å². The van der Waals surface area contributed by atoms with Crippen molar-refractivity contribution in [3.63, 3.8) is 0 Å². The summed E-state index contributed by atoms with van der Waals surface area (Å²) < 4.78 is 10.6. The molecule has 7 nitrogen and oxygen atoms in total. The molecular formula is C17H21N3O4. The first-order chi connectivity index (χ1) is 11.5. The summed E-state index contributed by atoms with van der Waals surface area (Å²) in [7, 11) is 5.35. The van der Waals surface area contributed by atoms with Gasteiger partial charge in [-0.15, -0.1) is 0 Å². The maximum Gasteiger partial charge on any atom is 0.256 e. The van der Waals surface area contributed by atoms with Crippen LogP contribution in [0.3, 0.4) is 0 Å². The number of amides is 1. The minimum absolute atomic E-state index is 0.120. The summed E-state index contributed by atoms with van der Waals surface area (Å²) in [5.41, 5.74) is 1.35. The zero-order chi connectivity index (χ0) is 17.5. The first-order valence-corrected chi connectivity index (χ1v) is 7.41. The highest BCUT2D eigenvalue weighted by molar-refractivity contribution is 6.04. The molecule has 0 unspecified atom stereocenters. The number of aliphatic hydroxyl groups is 1. The second kappa shape index (κ2) is 8.16. The zero-order valence-electron chi connectivity index (χ0n) is 13.9. The molecule has 1 heterocycles. The molecule has 0 aliphatic heterocycles. The highest BCUT2D eigenvalue weighted by atomic mass is 16.5. The fraction of sp³-hybridized carbons (Fsp3) is 0.294. The largest absolute Gasteiger partial charge is 0.493 e.